The Morgan fingerprint density at radius 3 is 2.86 bits per heavy atom. The third kappa shape index (κ3) is 1.85. The van der Waals surface area contributed by atoms with Crippen LogP contribution in [0.5, 0.6) is 0 Å². The molecule has 0 saturated carbocycles. The summed E-state index contributed by atoms with van der Waals surface area (Å²) in [5.41, 5.74) is -0.150. The van der Waals surface area contributed by atoms with Crippen LogP contribution >= 0.6 is 0 Å². The minimum Gasteiger partial charge on any atom is -0.366 e. The topological polar surface area (TPSA) is 122 Å². The molecule has 4 heterocycles. The quantitative estimate of drug-likeness (QED) is 0.653. The average molecular weight is 294 g/mol. The van der Waals surface area contributed by atoms with E-state index in [1.165, 1.54) is 0 Å². The minimum absolute atomic E-state index is 0.134. The molecule has 4 rings (SSSR count). The number of aromatic amines is 3. The highest BCUT2D eigenvalue weighted by atomic mass is 16.8. The number of nitrogens with one attached hydrogen (secondary N) is 3. The third-order valence-electron chi connectivity index (χ3n) is 3.72. The number of ether oxygens (including phenoxy) is 3. The van der Waals surface area contributed by atoms with Gasteiger partial charge in [0.2, 0.25) is 0 Å². The molecule has 112 valence electrons. The molecular formula is C12H14N4O5. The maximum atomic E-state index is 11.7. The van der Waals surface area contributed by atoms with E-state index < -0.39 is 23.1 Å². The van der Waals surface area contributed by atoms with E-state index in [1.54, 1.807) is 0 Å². The van der Waals surface area contributed by atoms with Crippen molar-refractivity contribution in [2.45, 2.75) is 37.9 Å². The zero-order valence-corrected chi connectivity index (χ0v) is 11.4. The van der Waals surface area contributed by atoms with Crippen LogP contribution in [0.3, 0.4) is 0 Å². The molecule has 0 aliphatic carbocycles. The number of fused-ring (bicyclic) bond motifs is 2. The zero-order valence-electron chi connectivity index (χ0n) is 11.4. The molecule has 0 amide bonds. The second-order valence-electron chi connectivity index (χ2n) is 5.66. The van der Waals surface area contributed by atoms with Gasteiger partial charge in [-0.25, -0.2) is 4.79 Å². The van der Waals surface area contributed by atoms with Gasteiger partial charge in [-0.2, -0.15) is 5.10 Å². The Hall–Kier alpha value is -1.97. The van der Waals surface area contributed by atoms with Gasteiger partial charge in [0.15, 0.2) is 11.3 Å². The average Bonchev–Trinajstić information content (AvgIpc) is 3.00. The van der Waals surface area contributed by atoms with Gasteiger partial charge in [-0.05, 0) is 13.8 Å². The lowest BCUT2D eigenvalue weighted by Crippen LogP contribution is -2.26. The van der Waals surface area contributed by atoms with Crippen molar-refractivity contribution in [3.63, 3.8) is 0 Å². The molecule has 2 aliphatic heterocycles. The molecule has 21 heavy (non-hydrogen) atoms. The molecule has 2 aromatic heterocycles. The van der Waals surface area contributed by atoms with Crippen molar-refractivity contribution in [1.82, 2.24) is 20.2 Å². The fraction of sp³-hybridized carbons (Fsp3) is 0.583. The van der Waals surface area contributed by atoms with E-state index in [-0.39, 0.29) is 17.7 Å². The first-order valence-corrected chi connectivity index (χ1v) is 6.62. The smallest absolute Gasteiger partial charge is 0.326 e. The van der Waals surface area contributed by atoms with Gasteiger partial charge in [-0.3, -0.25) is 14.9 Å². The Balaban J connectivity index is 1.81. The van der Waals surface area contributed by atoms with Gasteiger partial charge in [-0.15, -0.1) is 0 Å². The maximum Gasteiger partial charge on any atom is 0.326 e. The van der Waals surface area contributed by atoms with Crippen LogP contribution < -0.4 is 11.2 Å². The normalized spacial score (nSPS) is 30.9. The zero-order chi connectivity index (χ0) is 14.8. The molecule has 2 saturated heterocycles. The summed E-state index contributed by atoms with van der Waals surface area (Å²) in [5.74, 6) is -0.682. The predicted octanol–water partition coefficient (Wildman–Crippen LogP) is -0.469. The van der Waals surface area contributed by atoms with Gasteiger partial charge in [0, 0.05) is 0 Å². The highest BCUT2D eigenvalue weighted by molar-refractivity contribution is 5.75. The second-order valence-corrected chi connectivity index (χ2v) is 5.66. The van der Waals surface area contributed by atoms with Gasteiger partial charge in [0.05, 0.1) is 17.8 Å². The van der Waals surface area contributed by atoms with Gasteiger partial charge in [-0.1, -0.05) is 0 Å². The van der Waals surface area contributed by atoms with E-state index in [0.717, 1.165) is 0 Å². The SMILES string of the molecule is CC1(C)O[C@@H]2[C@H](CO[C@@H]2c2[nH]nc3c(=O)[nH]c(=O)[nH]c23)O1. The Bertz CT molecular complexity index is 819. The molecular weight excluding hydrogens is 280 g/mol. The molecule has 9 nitrogen and oxygen atoms in total. The van der Waals surface area contributed by atoms with E-state index in [1.807, 2.05) is 13.8 Å². The van der Waals surface area contributed by atoms with Gasteiger partial charge in [0.1, 0.15) is 18.3 Å². The van der Waals surface area contributed by atoms with Crippen molar-refractivity contribution in [1.29, 1.82) is 0 Å². The third-order valence-corrected chi connectivity index (χ3v) is 3.72. The molecule has 2 aromatic rings. The Labute approximate surface area is 117 Å². The number of aromatic nitrogens is 4. The highest BCUT2D eigenvalue weighted by Crippen LogP contribution is 2.42. The number of hydrogen-bond donors (Lipinski definition) is 3. The van der Waals surface area contributed by atoms with Crippen LogP contribution in [-0.4, -0.2) is 44.8 Å². The number of hydrogen-bond acceptors (Lipinski definition) is 6. The maximum absolute atomic E-state index is 11.7. The summed E-state index contributed by atoms with van der Waals surface area (Å²) in [6.45, 7) is 4.05. The van der Waals surface area contributed by atoms with Crippen LogP contribution in [0.25, 0.3) is 11.0 Å². The van der Waals surface area contributed by atoms with Gasteiger partial charge in [0.25, 0.3) is 5.56 Å². The first-order chi connectivity index (χ1) is 9.94. The summed E-state index contributed by atoms with van der Waals surface area (Å²) < 4.78 is 17.3. The number of rotatable bonds is 1. The summed E-state index contributed by atoms with van der Waals surface area (Å²) in [6, 6.07) is 0. The van der Waals surface area contributed by atoms with E-state index >= 15 is 0 Å². The number of nitrogens with zero attached hydrogens (tertiary/aromatic N) is 1. The summed E-state index contributed by atoms with van der Waals surface area (Å²) >= 11 is 0. The van der Waals surface area contributed by atoms with Gasteiger partial charge < -0.3 is 19.2 Å². The van der Waals surface area contributed by atoms with Crippen molar-refractivity contribution in [2.24, 2.45) is 0 Å². The first-order valence-electron chi connectivity index (χ1n) is 6.62. The predicted molar refractivity (Wildman–Crippen MR) is 69.9 cm³/mol. The van der Waals surface area contributed by atoms with Crippen LogP contribution in [-0.2, 0) is 14.2 Å². The first kappa shape index (κ1) is 12.7. The molecule has 3 atom stereocenters. The molecule has 0 radical (unpaired) electrons. The Morgan fingerprint density at radius 1 is 1.24 bits per heavy atom. The van der Waals surface area contributed by atoms with E-state index in [0.29, 0.717) is 17.8 Å². The molecule has 0 aromatic carbocycles. The van der Waals surface area contributed by atoms with E-state index in [2.05, 4.69) is 20.2 Å². The Morgan fingerprint density at radius 2 is 2.05 bits per heavy atom. The summed E-state index contributed by atoms with van der Waals surface area (Å²) in [4.78, 5) is 27.9. The molecule has 0 bridgehead atoms. The largest absolute Gasteiger partial charge is 0.366 e. The number of H-pyrrole nitrogens is 3. The fourth-order valence-electron chi connectivity index (χ4n) is 2.95. The van der Waals surface area contributed by atoms with Crippen molar-refractivity contribution in [2.75, 3.05) is 6.61 Å². The fourth-order valence-corrected chi connectivity index (χ4v) is 2.95. The molecule has 0 spiro atoms. The summed E-state index contributed by atoms with van der Waals surface area (Å²) in [6.07, 6.45) is -0.970. The highest BCUT2D eigenvalue weighted by Gasteiger charge is 2.51. The standard InChI is InChI=1S/C12H14N4O5/c1-12(2)20-4-3-19-9(8(4)21-12)6-5-7(16-15-6)10(17)14-11(18)13-5/h4,8-9H,3H2,1-2H3,(H,15,16)(H2,13,14,17,18)/t4-,8+,9+/m0/s1. The second kappa shape index (κ2) is 4.03. The lowest BCUT2D eigenvalue weighted by Gasteiger charge is -2.21. The molecule has 2 aliphatic rings. The van der Waals surface area contributed by atoms with Crippen molar-refractivity contribution in [3.8, 4) is 0 Å². The van der Waals surface area contributed by atoms with Crippen molar-refractivity contribution in [3.05, 3.63) is 26.5 Å². The van der Waals surface area contributed by atoms with Gasteiger partial charge >= 0.3 is 5.69 Å². The lowest BCUT2D eigenvalue weighted by atomic mass is 10.1. The van der Waals surface area contributed by atoms with Crippen LogP contribution in [0.1, 0.15) is 25.6 Å². The van der Waals surface area contributed by atoms with E-state index in [9.17, 15) is 9.59 Å². The molecule has 9 heteroatoms. The van der Waals surface area contributed by atoms with Crippen molar-refractivity contribution >= 4 is 11.0 Å². The van der Waals surface area contributed by atoms with Crippen LogP contribution in [0.4, 0.5) is 0 Å². The lowest BCUT2D eigenvalue weighted by molar-refractivity contribution is -0.175. The molecule has 2 fully saturated rings. The van der Waals surface area contributed by atoms with Crippen LogP contribution in [0.15, 0.2) is 9.59 Å². The van der Waals surface area contributed by atoms with Crippen molar-refractivity contribution < 1.29 is 14.2 Å². The summed E-state index contributed by atoms with van der Waals surface area (Å²) in [7, 11) is 0. The van der Waals surface area contributed by atoms with Crippen LogP contribution in [0.2, 0.25) is 0 Å². The monoisotopic (exact) mass is 294 g/mol. The Kier molecular flexibility index (Phi) is 2.44. The van der Waals surface area contributed by atoms with E-state index in [4.69, 9.17) is 14.2 Å². The summed E-state index contributed by atoms with van der Waals surface area (Å²) in [5, 5.41) is 6.70. The molecule has 0 unspecified atom stereocenters. The minimum atomic E-state index is -0.682. The molecule has 3 N–H and O–H groups in total. The van der Waals surface area contributed by atoms with Crippen LogP contribution in [0, 0.1) is 0 Å².